The van der Waals surface area contributed by atoms with E-state index in [0.717, 1.165) is 17.7 Å². The predicted molar refractivity (Wildman–Crippen MR) is 105 cm³/mol. The number of ether oxygens (including phenoxy) is 1. The first-order chi connectivity index (χ1) is 11.1. The van der Waals surface area contributed by atoms with Crippen molar-refractivity contribution < 1.29 is 13.2 Å². The molecule has 1 aromatic carbocycles. The third-order valence-electron chi connectivity index (χ3n) is 3.75. The highest BCUT2D eigenvalue weighted by molar-refractivity contribution is 7.89. The largest absolute Gasteiger partial charge is 0.494 e. The molecule has 0 heterocycles. The van der Waals surface area contributed by atoms with Crippen molar-refractivity contribution in [2.45, 2.75) is 84.6 Å². The summed E-state index contributed by atoms with van der Waals surface area (Å²) in [5.41, 5.74) is 0.182. The minimum absolute atomic E-state index is 0.0292. The molecular weight excluding hydrogens is 334 g/mol. The fourth-order valence-corrected chi connectivity index (χ4v) is 4.77. The standard InChI is InChI=1S/C20H35NO3S/c1-10-24-17-12-11-15(13-16(17)19(5,6)7)25(22,23)21-20(8,9)14-18(2,3)4/h11-13,21H,10,14H2,1-9H3. The van der Waals surface area contributed by atoms with E-state index in [1.807, 2.05) is 20.8 Å². The Hall–Kier alpha value is -1.07. The molecule has 0 aliphatic heterocycles. The Bertz CT molecular complexity index is 693. The lowest BCUT2D eigenvalue weighted by molar-refractivity contribution is 0.269. The van der Waals surface area contributed by atoms with Gasteiger partial charge in [0.25, 0.3) is 0 Å². The molecule has 144 valence electrons. The molecular formula is C20H35NO3S. The Morgan fingerprint density at radius 2 is 1.56 bits per heavy atom. The molecule has 1 N–H and O–H groups in total. The van der Waals surface area contributed by atoms with Crippen LogP contribution in [0.4, 0.5) is 0 Å². The van der Waals surface area contributed by atoms with Crippen LogP contribution in [0.1, 0.15) is 74.3 Å². The fraction of sp³-hybridized carbons (Fsp3) is 0.700. The van der Waals surface area contributed by atoms with Gasteiger partial charge in [0, 0.05) is 11.1 Å². The number of benzene rings is 1. The average molecular weight is 370 g/mol. The van der Waals surface area contributed by atoms with Crippen LogP contribution < -0.4 is 9.46 Å². The van der Waals surface area contributed by atoms with Gasteiger partial charge in [-0.15, -0.1) is 0 Å². The zero-order valence-electron chi connectivity index (χ0n) is 17.3. The normalized spacial score (nSPS) is 13.8. The van der Waals surface area contributed by atoms with Crippen LogP contribution in [0.3, 0.4) is 0 Å². The molecule has 0 atom stereocenters. The highest BCUT2D eigenvalue weighted by atomic mass is 32.2. The van der Waals surface area contributed by atoms with E-state index in [9.17, 15) is 8.42 Å². The Morgan fingerprint density at radius 1 is 1.00 bits per heavy atom. The van der Waals surface area contributed by atoms with Crippen LogP contribution in [-0.2, 0) is 15.4 Å². The number of hydrogen-bond acceptors (Lipinski definition) is 3. The van der Waals surface area contributed by atoms with Crippen molar-refractivity contribution in [1.82, 2.24) is 4.72 Å². The lowest BCUT2D eigenvalue weighted by Gasteiger charge is -2.33. The first kappa shape index (κ1) is 22.0. The molecule has 25 heavy (non-hydrogen) atoms. The van der Waals surface area contributed by atoms with Gasteiger partial charge in [-0.1, -0.05) is 41.5 Å². The van der Waals surface area contributed by atoms with Crippen molar-refractivity contribution in [1.29, 1.82) is 0 Å². The highest BCUT2D eigenvalue weighted by Crippen LogP contribution is 2.34. The molecule has 0 saturated carbocycles. The molecule has 0 amide bonds. The molecule has 0 spiro atoms. The molecule has 5 heteroatoms. The van der Waals surface area contributed by atoms with Crippen molar-refractivity contribution in [3.8, 4) is 5.75 Å². The van der Waals surface area contributed by atoms with Gasteiger partial charge in [0.1, 0.15) is 5.75 Å². The second-order valence-corrected chi connectivity index (χ2v) is 11.3. The number of hydrogen-bond donors (Lipinski definition) is 1. The molecule has 0 aromatic heterocycles. The van der Waals surface area contributed by atoms with E-state index >= 15 is 0 Å². The van der Waals surface area contributed by atoms with Gasteiger partial charge in [-0.05, 0) is 56.2 Å². The summed E-state index contributed by atoms with van der Waals surface area (Å²) in [5, 5.41) is 0. The van der Waals surface area contributed by atoms with Crippen LogP contribution in [0.5, 0.6) is 5.75 Å². The molecule has 0 aliphatic rings. The Kier molecular flexibility index (Phi) is 6.39. The molecule has 0 bridgehead atoms. The molecule has 4 nitrogen and oxygen atoms in total. The van der Waals surface area contributed by atoms with E-state index in [1.54, 1.807) is 18.2 Å². The summed E-state index contributed by atoms with van der Waals surface area (Å²) in [6.45, 7) is 18.8. The zero-order chi connectivity index (χ0) is 19.7. The maximum atomic E-state index is 12.9. The van der Waals surface area contributed by atoms with Crippen molar-refractivity contribution in [3.63, 3.8) is 0 Å². The van der Waals surface area contributed by atoms with Gasteiger partial charge >= 0.3 is 0 Å². The summed E-state index contributed by atoms with van der Waals surface area (Å²) in [7, 11) is -3.61. The van der Waals surface area contributed by atoms with Gasteiger partial charge in [-0.2, -0.15) is 0 Å². The first-order valence-electron chi connectivity index (χ1n) is 8.89. The van der Waals surface area contributed by atoms with Crippen molar-refractivity contribution in [3.05, 3.63) is 23.8 Å². The first-order valence-corrected chi connectivity index (χ1v) is 10.4. The topological polar surface area (TPSA) is 55.4 Å². The highest BCUT2D eigenvalue weighted by Gasteiger charge is 2.31. The van der Waals surface area contributed by atoms with Gasteiger partial charge in [-0.3, -0.25) is 0 Å². The van der Waals surface area contributed by atoms with Crippen LogP contribution in [-0.4, -0.2) is 20.6 Å². The maximum absolute atomic E-state index is 12.9. The van der Waals surface area contributed by atoms with E-state index in [-0.39, 0.29) is 15.7 Å². The summed E-state index contributed by atoms with van der Waals surface area (Å²) < 4.78 is 34.4. The second kappa shape index (κ2) is 7.28. The van der Waals surface area contributed by atoms with Crippen LogP contribution in [0.15, 0.2) is 23.1 Å². The lowest BCUT2D eigenvalue weighted by Crippen LogP contribution is -2.45. The maximum Gasteiger partial charge on any atom is 0.241 e. The van der Waals surface area contributed by atoms with Crippen molar-refractivity contribution in [2.24, 2.45) is 5.41 Å². The predicted octanol–water partition coefficient (Wildman–Crippen LogP) is 4.88. The summed E-state index contributed by atoms with van der Waals surface area (Å²) in [4.78, 5) is 0.280. The Balaban J connectivity index is 3.26. The van der Waals surface area contributed by atoms with Gasteiger partial charge in [0.2, 0.25) is 10.0 Å². The third-order valence-corrected chi connectivity index (χ3v) is 5.45. The Morgan fingerprint density at radius 3 is 2.00 bits per heavy atom. The molecule has 1 aromatic rings. The minimum Gasteiger partial charge on any atom is -0.494 e. The van der Waals surface area contributed by atoms with Crippen LogP contribution in [0.25, 0.3) is 0 Å². The summed E-state index contributed by atoms with van der Waals surface area (Å²) in [5.74, 6) is 0.739. The van der Waals surface area contributed by atoms with Crippen LogP contribution in [0, 0.1) is 5.41 Å². The Labute approximate surface area is 154 Å². The van der Waals surface area contributed by atoms with Crippen LogP contribution in [0.2, 0.25) is 0 Å². The van der Waals surface area contributed by atoms with Crippen LogP contribution >= 0.6 is 0 Å². The summed E-state index contributed by atoms with van der Waals surface area (Å²) >= 11 is 0. The van der Waals surface area contributed by atoms with Crippen molar-refractivity contribution in [2.75, 3.05) is 6.61 Å². The summed E-state index contributed by atoms with van der Waals surface area (Å²) in [6.07, 6.45) is 0.738. The van der Waals surface area contributed by atoms with Gasteiger partial charge in [-0.25, -0.2) is 13.1 Å². The summed E-state index contributed by atoms with van der Waals surface area (Å²) in [6, 6.07) is 5.12. The van der Waals surface area contributed by atoms with Gasteiger partial charge in [0.05, 0.1) is 11.5 Å². The lowest BCUT2D eigenvalue weighted by atomic mass is 9.82. The van der Waals surface area contributed by atoms with E-state index < -0.39 is 15.6 Å². The van der Waals surface area contributed by atoms with Gasteiger partial charge < -0.3 is 4.74 Å². The van der Waals surface area contributed by atoms with Gasteiger partial charge in [0.15, 0.2) is 0 Å². The molecule has 1 rings (SSSR count). The molecule has 0 radical (unpaired) electrons. The molecule has 0 fully saturated rings. The smallest absolute Gasteiger partial charge is 0.241 e. The number of rotatable bonds is 6. The zero-order valence-corrected chi connectivity index (χ0v) is 18.1. The quantitative estimate of drug-likeness (QED) is 0.778. The van der Waals surface area contributed by atoms with E-state index in [4.69, 9.17) is 4.74 Å². The SMILES string of the molecule is CCOc1ccc(S(=O)(=O)NC(C)(C)CC(C)(C)C)cc1C(C)(C)C. The fourth-order valence-electron chi connectivity index (χ4n) is 3.33. The van der Waals surface area contributed by atoms with E-state index in [2.05, 4.69) is 46.3 Å². The average Bonchev–Trinajstić information content (AvgIpc) is 2.33. The monoisotopic (exact) mass is 369 g/mol. The third kappa shape index (κ3) is 6.63. The molecule has 0 unspecified atom stereocenters. The minimum atomic E-state index is -3.61. The van der Waals surface area contributed by atoms with E-state index in [0.29, 0.717) is 6.61 Å². The number of sulfonamides is 1. The number of nitrogens with one attached hydrogen (secondary N) is 1. The molecule has 0 aliphatic carbocycles. The van der Waals surface area contributed by atoms with E-state index in [1.165, 1.54) is 0 Å². The molecule has 0 saturated heterocycles. The van der Waals surface area contributed by atoms with Crippen molar-refractivity contribution >= 4 is 10.0 Å². The second-order valence-electron chi connectivity index (χ2n) is 9.57.